The molecule has 0 radical (unpaired) electrons. The smallest absolute Gasteiger partial charge is 0.164 e. The summed E-state index contributed by atoms with van der Waals surface area (Å²) >= 11 is 1.84. The van der Waals surface area contributed by atoms with Crippen molar-refractivity contribution < 1.29 is 4.42 Å². The van der Waals surface area contributed by atoms with Crippen LogP contribution in [-0.2, 0) is 0 Å². The number of rotatable bonds is 6. The van der Waals surface area contributed by atoms with Gasteiger partial charge in [0.05, 0.1) is 0 Å². The van der Waals surface area contributed by atoms with Crippen LogP contribution in [0.4, 0.5) is 0 Å². The average Bonchev–Trinajstić information content (AvgIpc) is 3.84. The Bertz CT molecular complexity index is 3180. The first-order chi connectivity index (χ1) is 27.7. The van der Waals surface area contributed by atoms with Gasteiger partial charge in [0.25, 0.3) is 0 Å². The van der Waals surface area contributed by atoms with Crippen LogP contribution < -0.4 is 0 Å². The molecule has 0 bridgehead atoms. The van der Waals surface area contributed by atoms with Gasteiger partial charge in [-0.2, -0.15) is 0 Å². The second-order valence-electron chi connectivity index (χ2n) is 14.0. The summed E-state index contributed by atoms with van der Waals surface area (Å²) in [5.41, 5.74) is 11.1. The minimum Gasteiger partial charge on any atom is -0.456 e. The normalized spacial score (nSPS) is 11.6. The molecular weight excluding hydrogens is 703 g/mol. The molecular formula is C51H31N3OS. The van der Waals surface area contributed by atoms with Crippen LogP contribution in [0.5, 0.6) is 0 Å². The summed E-state index contributed by atoms with van der Waals surface area (Å²) in [4.78, 5) is 15.3. The first-order valence-corrected chi connectivity index (χ1v) is 19.5. The Hall–Kier alpha value is -7.21. The van der Waals surface area contributed by atoms with E-state index in [1.54, 1.807) is 0 Å². The van der Waals surface area contributed by atoms with Crippen molar-refractivity contribution in [2.24, 2.45) is 0 Å². The molecule has 0 aliphatic rings. The Kier molecular flexibility index (Phi) is 7.64. The van der Waals surface area contributed by atoms with E-state index in [1.807, 2.05) is 53.8 Å². The van der Waals surface area contributed by atoms with E-state index in [1.165, 1.54) is 25.7 Å². The lowest BCUT2D eigenvalue weighted by Crippen LogP contribution is -2.00. The SMILES string of the molecule is c1ccc(-c2cc(-c3ccccc3)cc(-c3nc(-c4ccccc4)nc(-c4ccc5c(c4)oc4cc(-c6ccc7sc8ccccc8c7c6)ccc45)n3)c2)cc1. The first-order valence-electron chi connectivity index (χ1n) is 18.7. The highest BCUT2D eigenvalue weighted by Gasteiger charge is 2.17. The van der Waals surface area contributed by atoms with Crippen LogP contribution in [0, 0.1) is 0 Å². The Balaban J connectivity index is 1.03. The molecule has 3 heterocycles. The predicted molar refractivity (Wildman–Crippen MR) is 233 cm³/mol. The van der Waals surface area contributed by atoms with Crippen molar-refractivity contribution >= 4 is 53.4 Å². The van der Waals surface area contributed by atoms with E-state index in [-0.39, 0.29) is 0 Å². The fourth-order valence-electron chi connectivity index (χ4n) is 7.70. The van der Waals surface area contributed by atoms with Crippen LogP contribution in [0.2, 0.25) is 0 Å². The number of benzene rings is 8. The summed E-state index contributed by atoms with van der Waals surface area (Å²) in [5, 5.41) is 4.70. The van der Waals surface area contributed by atoms with Gasteiger partial charge in [0.15, 0.2) is 17.5 Å². The largest absolute Gasteiger partial charge is 0.456 e. The number of fused-ring (bicyclic) bond motifs is 6. The zero-order valence-electron chi connectivity index (χ0n) is 30.1. The molecule has 5 heteroatoms. The van der Waals surface area contributed by atoms with Crippen LogP contribution in [0.15, 0.2) is 192 Å². The summed E-state index contributed by atoms with van der Waals surface area (Å²) in [6.07, 6.45) is 0. The molecule has 0 amide bonds. The Morgan fingerprint density at radius 2 is 0.750 bits per heavy atom. The average molecular weight is 734 g/mol. The van der Waals surface area contributed by atoms with Gasteiger partial charge in [-0.25, -0.2) is 15.0 Å². The van der Waals surface area contributed by atoms with Crippen molar-refractivity contribution in [2.45, 2.75) is 0 Å². The van der Waals surface area contributed by atoms with E-state index >= 15 is 0 Å². The summed E-state index contributed by atoms with van der Waals surface area (Å²) in [5.74, 6) is 1.80. The molecule has 0 atom stereocenters. The van der Waals surface area contributed by atoms with Crippen LogP contribution in [0.1, 0.15) is 0 Å². The summed E-state index contributed by atoms with van der Waals surface area (Å²) in [6, 6.07) is 65.7. The number of hydrogen-bond donors (Lipinski definition) is 0. The minimum absolute atomic E-state index is 0.583. The molecule has 0 aliphatic heterocycles. The van der Waals surface area contributed by atoms with Gasteiger partial charge in [-0.1, -0.05) is 127 Å². The van der Waals surface area contributed by atoms with Gasteiger partial charge in [0.1, 0.15) is 11.2 Å². The maximum absolute atomic E-state index is 6.61. The lowest BCUT2D eigenvalue weighted by atomic mass is 9.96. The molecule has 3 aromatic heterocycles. The molecule has 4 nitrogen and oxygen atoms in total. The van der Waals surface area contributed by atoms with E-state index in [0.29, 0.717) is 17.5 Å². The summed E-state index contributed by atoms with van der Waals surface area (Å²) < 4.78 is 9.21. The van der Waals surface area contributed by atoms with Gasteiger partial charge in [-0.3, -0.25) is 0 Å². The fraction of sp³-hybridized carbons (Fsp3) is 0. The van der Waals surface area contributed by atoms with Crippen LogP contribution in [0.3, 0.4) is 0 Å². The van der Waals surface area contributed by atoms with Gasteiger partial charge in [-0.15, -0.1) is 11.3 Å². The Morgan fingerprint density at radius 3 is 1.41 bits per heavy atom. The second-order valence-corrected chi connectivity index (χ2v) is 15.1. The molecule has 8 aromatic carbocycles. The molecule has 0 saturated carbocycles. The zero-order chi connectivity index (χ0) is 37.0. The third-order valence-electron chi connectivity index (χ3n) is 10.5. The summed E-state index contributed by atoms with van der Waals surface area (Å²) in [7, 11) is 0. The molecule has 0 unspecified atom stereocenters. The lowest BCUT2D eigenvalue weighted by Gasteiger charge is -2.12. The summed E-state index contributed by atoms with van der Waals surface area (Å²) in [6.45, 7) is 0. The molecule has 11 rings (SSSR count). The van der Waals surface area contributed by atoms with E-state index < -0.39 is 0 Å². The van der Waals surface area contributed by atoms with Gasteiger partial charge < -0.3 is 4.42 Å². The van der Waals surface area contributed by atoms with Crippen LogP contribution in [0.25, 0.3) is 110 Å². The fourth-order valence-corrected chi connectivity index (χ4v) is 8.79. The molecule has 11 aromatic rings. The highest BCUT2D eigenvalue weighted by atomic mass is 32.1. The van der Waals surface area contributed by atoms with Gasteiger partial charge in [0, 0.05) is 47.6 Å². The lowest BCUT2D eigenvalue weighted by molar-refractivity contribution is 0.669. The standard InChI is InChI=1S/C51H31N3OS/c1-4-12-32(13-5-1)38-26-39(33-14-6-2-7-15-33)28-40(27-38)51-53-49(34-16-8-3-9-17-34)52-50(54-51)37-21-24-42-41-23-20-36(30-45(41)55-46(42)31-37)35-22-25-48-44(29-35)43-18-10-11-19-47(43)56-48/h1-31H. The molecule has 0 N–H and O–H groups in total. The van der Waals surface area contributed by atoms with E-state index in [9.17, 15) is 0 Å². The monoisotopic (exact) mass is 733 g/mol. The minimum atomic E-state index is 0.583. The number of thiophene rings is 1. The van der Waals surface area contributed by atoms with E-state index in [0.717, 1.165) is 66.4 Å². The predicted octanol–water partition coefficient (Wildman–Crippen LogP) is 14.1. The maximum Gasteiger partial charge on any atom is 0.164 e. The van der Waals surface area contributed by atoms with E-state index in [2.05, 4.69) is 146 Å². The van der Waals surface area contributed by atoms with E-state index in [4.69, 9.17) is 19.4 Å². The third-order valence-corrected chi connectivity index (χ3v) is 11.7. The molecule has 0 spiro atoms. The maximum atomic E-state index is 6.61. The number of furan rings is 1. The quantitative estimate of drug-likeness (QED) is 0.171. The number of aromatic nitrogens is 3. The number of nitrogens with zero attached hydrogens (tertiary/aromatic N) is 3. The van der Waals surface area contributed by atoms with Crippen molar-refractivity contribution in [3.63, 3.8) is 0 Å². The van der Waals surface area contributed by atoms with Gasteiger partial charge in [0.2, 0.25) is 0 Å². The van der Waals surface area contributed by atoms with Crippen molar-refractivity contribution in [1.29, 1.82) is 0 Å². The number of hydrogen-bond acceptors (Lipinski definition) is 5. The first kappa shape index (κ1) is 32.2. The Morgan fingerprint density at radius 1 is 0.286 bits per heavy atom. The van der Waals surface area contributed by atoms with Crippen LogP contribution in [-0.4, -0.2) is 15.0 Å². The van der Waals surface area contributed by atoms with Crippen molar-refractivity contribution in [3.8, 4) is 67.5 Å². The highest BCUT2D eigenvalue weighted by Crippen LogP contribution is 2.39. The van der Waals surface area contributed by atoms with Gasteiger partial charge >= 0.3 is 0 Å². The molecule has 0 fully saturated rings. The zero-order valence-corrected chi connectivity index (χ0v) is 30.9. The van der Waals surface area contributed by atoms with Crippen LogP contribution >= 0.6 is 11.3 Å². The molecule has 262 valence electrons. The van der Waals surface area contributed by atoms with Crippen molar-refractivity contribution in [3.05, 3.63) is 188 Å². The molecule has 56 heavy (non-hydrogen) atoms. The Labute approximate surface area is 327 Å². The molecule has 0 saturated heterocycles. The third kappa shape index (κ3) is 5.74. The van der Waals surface area contributed by atoms with Gasteiger partial charge in [-0.05, 0) is 94.0 Å². The molecule has 0 aliphatic carbocycles. The topological polar surface area (TPSA) is 51.8 Å². The second kappa shape index (κ2) is 13.3. The highest BCUT2D eigenvalue weighted by molar-refractivity contribution is 7.25. The van der Waals surface area contributed by atoms with Crippen molar-refractivity contribution in [1.82, 2.24) is 15.0 Å². The van der Waals surface area contributed by atoms with Crippen molar-refractivity contribution in [2.75, 3.05) is 0 Å².